The second-order valence-electron chi connectivity index (χ2n) is 4.40. The summed E-state index contributed by atoms with van der Waals surface area (Å²) in [6.45, 7) is 3.50. The van der Waals surface area contributed by atoms with Crippen molar-refractivity contribution in [1.82, 2.24) is 5.32 Å². The molecule has 0 aliphatic rings. The molecule has 2 aromatic carbocycles. The van der Waals surface area contributed by atoms with E-state index in [1.54, 1.807) is 12.1 Å². The molecule has 0 radical (unpaired) electrons. The zero-order chi connectivity index (χ0) is 14.4. The van der Waals surface area contributed by atoms with E-state index in [2.05, 4.69) is 21.2 Å². The number of halogens is 2. The van der Waals surface area contributed by atoms with Crippen LogP contribution in [0.3, 0.4) is 0 Å². The van der Waals surface area contributed by atoms with Crippen LogP contribution in [0, 0.1) is 5.82 Å². The Labute approximate surface area is 127 Å². The number of hydrogen-bond acceptors (Lipinski definition) is 2. The van der Waals surface area contributed by atoms with E-state index >= 15 is 0 Å². The quantitative estimate of drug-likeness (QED) is 0.847. The van der Waals surface area contributed by atoms with Gasteiger partial charge in [0.15, 0.2) is 11.6 Å². The van der Waals surface area contributed by atoms with Crippen LogP contribution in [-0.4, -0.2) is 13.1 Å². The minimum atomic E-state index is -0.356. The van der Waals surface area contributed by atoms with Crippen molar-refractivity contribution in [3.8, 4) is 5.75 Å². The Balaban J connectivity index is 2.21. The summed E-state index contributed by atoms with van der Waals surface area (Å²) in [5.74, 6) is -0.100. The zero-order valence-electron chi connectivity index (χ0n) is 11.3. The van der Waals surface area contributed by atoms with E-state index in [1.165, 1.54) is 6.07 Å². The van der Waals surface area contributed by atoms with Crippen LogP contribution in [0.2, 0.25) is 0 Å². The number of nitrogens with one attached hydrogen (secondary N) is 1. The first-order valence-corrected chi connectivity index (χ1v) is 7.37. The van der Waals surface area contributed by atoms with E-state index in [-0.39, 0.29) is 17.7 Å². The fourth-order valence-electron chi connectivity index (χ4n) is 1.89. The largest absolute Gasteiger partial charge is 0.481 e. The van der Waals surface area contributed by atoms with E-state index in [4.69, 9.17) is 4.74 Å². The SMILES string of the molecule is CCNCC(Oc1cc(Br)ccc1F)c1ccccc1. The lowest BCUT2D eigenvalue weighted by Crippen LogP contribution is -2.25. The van der Waals surface area contributed by atoms with E-state index in [9.17, 15) is 4.39 Å². The van der Waals surface area contributed by atoms with Gasteiger partial charge in [-0.2, -0.15) is 0 Å². The topological polar surface area (TPSA) is 21.3 Å². The normalized spacial score (nSPS) is 12.2. The molecule has 2 rings (SSSR count). The molecule has 0 saturated heterocycles. The van der Waals surface area contributed by atoms with Crippen molar-refractivity contribution in [1.29, 1.82) is 0 Å². The molecule has 0 aromatic heterocycles. The second-order valence-corrected chi connectivity index (χ2v) is 5.32. The number of benzene rings is 2. The summed E-state index contributed by atoms with van der Waals surface area (Å²) in [6.07, 6.45) is -0.222. The summed E-state index contributed by atoms with van der Waals surface area (Å²) in [7, 11) is 0. The van der Waals surface area contributed by atoms with E-state index < -0.39 is 0 Å². The summed E-state index contributed by atoms with van der Waals surface area (Å²) in [5.41, 5.74) is 1.02. The maximum absolute atomic E-state index is 13.8. The van der Waals surface area contributed by atoms with E-state index in [1.807, 2.05) is 37.3 Å². The first-order valence-electron chi connectivity index (χ1n) is 6.58. The lowest BCUT2D eigenvalue weighted by atomic mass is 10.1. The monoisotopic (exact) mass is 337 g/mol. The average Bonchev–Trinajstić information content (AvgIpc) is 2.48. The maximum atomic E-state index is 13.8. The summed E-state index contributed by atoms with van der Waals surface area (Å²) < 4.78 is 20.4. The lowest BCUT2D eigenvalue weighted by Gasteiger charge is -2.20. The molecular formula is C16H17BrFNO. The fraction of sp³-hybridized carbons (Fsp3) is 0.250. The Bertz CT molecular complexity index is 547. The molecule has 0 saturated carbocycles. The molecule has 0 spiro atoms. The smallest absolute Gasteiger partial charge is 0.165 e. The molecule has 0 amide bonds. The molecular weight excluding hydrogens is 321 g/mol. The Morgan fingerprint density at radius 1 is 1.20 bits per heavy atom. The molecule has 2 nitrogen and oxygen atoms in total. The summed E-state index contributed by atoms with van der Waals surface area (Å²) in [4.78, 5) is 0. The van der Waals surface area contributed by atoms with Crippen LogP contribution in [0.15, 0.2) is 53.0 Å². The summed E-state index contributed by atoms with van der Waals surface area (Å²) >= 11 is 3.33. The molecule has 0 aliphatic carbocycles. The van der Waals surface area contributed by atoms with Crippen LogP contribution in [0.5, 0.6) is 5.75 Å². The van der Waals surface area contributed by atoms with Crippen LogP contribution in [-0.2, 0) is 0 Å². The second kappa shape index (κ2) is 7.41. The van der Waals surface area contributed by atoms with Gasteiger partial charge < -0.3 is 10.1 Å². The van der Waals surface area contributed by atoms with E-state index in [0.717, 1.165) is 16.6 Å². The Hall–Kier alpha value is -1.39. The first kappa shape index (κ1) is 15.0. The van der Waals surface area contributed by atoms with Crippen molar-refractivity contribution in [2.45, 2.75) is 13.0 Å². The van der Waals surface area contributed by atoms with Crippen molar-refractivity contribution in [2.75, 3.05) is 13.1 Å². The molecule has 106 valence electrons. The molecule has 0 fully saturated rings. The van der Waals surface area contributed by atoms with Gasteiger partial charge in [0.05, 0.1) is 0 Å². The molecule has 0 heterocycles. The number of rotatable bonds is 6. The highest BCUT2D eigenvalue weighted by Crippen LogP contribution is 2.27. The minimum absolute atomic E-state index is 0.222. The van der Waals surface area contributed by atoms with Gasteiger partial charge >= 0.3 is 0 Å². The van der Waals surface area contributed by atoms with Crippen molar-refractivity contribution in [3.63, 3.8) is 0 Å². The fourth-order valence-corrected chi connectivity index (χ4v) is 2.23. The van der Waals surface area contributed by atoms with Gasteiger partial charge in [-0.1, -0.05) is 53.2 Å². The number of likely N-dealkylation sites (N-methyl/N-ethyl adjacent to an activating group) is 1. The third kappa shape index (κ3) is 4.05. The van der Waals surface area contributed by atoms with Gasteiger partial charge in [0.25, 0.3) is 0 Å². The molecule has 2 aromatic rings. The third-order valence-electron chi connectivity index (χ3n) is 2.91. The van der Waals surface area contributed by atoms with Gasteiger partial charge in [0, 0.05) is 11.0 Å². The van der Waals surface area contributed by atoms with Gasteiger partial charge in [0.1, 0.15) is 6.10 Å². The predicted octanol–water partition coefficient (Wildman–Crippen LogP) is 4.32. The van der Waals surface area contributed by atoms with Crippen molar-refractivity contribution in [3.05, 3.63) is 64.4 Å². The molecule has 0 aliphatic heterocycles. The highest BCUT2D eigenvalue weighted by Gasteiger charge is 2.15. The van der Waals surface area contributed by atoms with Crippen LogP contribution < -0.4 is 10.1 Å². The third-order valence-corrected chi connectivity index (χ3v) is 3.41. The van der Waals surface area contributed by atoms with Crippen molar-refractivity contribution < 1.29 is 9.13 Å². The number of hydrogen-bond donors (Lipinski definition) is 1. The molecule has 4 heteroatoms. The zero-order valence-corrected chi connectivity index (χ0v) is 12.9. The van der Waals surface area contributed by atoms with Crippen LogP contribution in [0.1, 0.15) is 18.6 Å². The highest BCUT2D eigenvalue weighted by atomic mass is 79.9. The summed E-state index contributed by atoms with van der Waals surface area (Å²) in [6, 6.07) is 14.5. The van der Waals surface area contributed by atoms with E-state index in [0.29, 0.717) is 6.54 Å². The summed E-state index contributed by atoms with van der Waals surface area (Å²) in [5, 5.41) is 3.24. The standard InChI is InChI=1S/C16H17BrFNO/c1-2-19-11-16(12-6-4-3-5-7-12)20-15-10-13(17)8-9-14(15)18/h3-10,16,19H,2,11H2,1H3. The van der Waals surface area contributed by atoms with Crippen LogP contribution in [0.25, 0.3) is 0 Å². The molecule has 1 atom stereocenters. The molecule has 1 unspecified atom stereocenters. The van der Waals surface area contributed by atoms with Gasteiger partial charge in [-0.25, -0.2) is 4.39 Å². The maximum Gasteiger partial charge on any atom is 0.165 e. The lowest BCUT2D eigenvalue weighted by molar-refractivity contribution is 0.193. The predicted molar refractivity (Wildman–Crippen MR) is 82.5 cm³/mol. The van der Waals surface area contributed by atoms with Crippen LogP contribution in [0.4, 0.5) is 4.39 Å². The Morgan fingerprint density at radius 2 is 1.95 bits per heavy atom. The van der Waals surface area contributed by atoms with Gasteiger partial charge in [-0.3, -0.25) is 0 Å². The van der Waals surface area contributed by atoms with Gasteiger partial charge in [-0.05, 0) is 30.3 Å². The van der Waals surface area contributed by atoms with Crippen LogP contribution >= 0.6 is 15.9 Å². The van der Waals surface area contributed by atoms with Crippen molar-refractivity contribution >= 4 is 15.9 Å². The Morgan fingerprint density at radius 3 is 2.65 bits per heavy atom. The van der Waals surface area contributed by atoms with Gasteiger partial charge in [0.2, 0.25) is 0 Å². The van der Waals surface area contributed by atoms with Crippen molar-refractivity contribution in [2.24, 2.45) is 0 Å². The molecule has 0 bridgehead atoms. The first-order chi connectivity index (χ1) is 9.70. The van der Waals surface area contributed by atoms with Gasteiger partial charge in [-0.15, -0.1) is 0 Å². The highest BCUT2D eigenvalue weighted by molar-refractivity contribution is 9.10. The number of ether oxygens (including phenoxy) is 1. The molecule has 1 N–H and O–H groups in total. The minimum Gasteiger partial charge on any atom is -0.481 e. The molecule has 20 heavy (non-hydrogen) atoms. The average molecular weight is 338 g/mol. The Kier molecular flexibility index (Phi) is 5.56.